The molecule has 1 atom stereocenters. The number of halogens is 1. The lowest BCUT2D eigenvalue weighted by Gasteiger charge is -2.14. The van der Waals surface area contributed by atoms with Gasteiger partial charge < -0.3 is 9.67 Å². The van der Waals surface area contributed by atoms with E-state index in [-0.39, 0.29) is 5.75 Å². The Morgan fingerprint density at radius 3 is 3.15 bits per heavy atom. The molecule has 1 aromatic heterocycles. The Labute approximate surface area is 133 Å². The molecule has 2 aromatic rings. The van der Waals surface area contributed by atoms with Crippen LogP contribution in [0.1, 0.15) is 12.5 Å². The molecule has 0 radical (unpaired) electrons. The number of carboxylic acid groups (broad SMARTS) is 1. The summed E-state index contributed by atoms with van der Waals surface area (Å²) in [4.78, 5) is 15.4. The van der Waals surface area contributed by atoms with Crippen LogP contribution >= 0.6 is 39.5 Å². The standard InChI is InChI=1S/C13H13BrN2O2S2/c14-8-1-2-11-10(5-8)15-13(20-7-12(17)18)16(11)9-3-4-19-6-9/h1-2,5,9H,3-4,6-7H2,(H,17,18). The summed E-state index contributed by atoms with van der Waals surface area (Å²) < 4.78 is 3.21. The van der Waals surface area contributed by atoms with E-state index >= 15 is 0 Å². The second-order valence-corrected chi connectivity index (χ2v) is 7.61. The number of aromatic nitrogens is 2. The summed E-state index contributed by atoms with van der Waals surface area (Å²) in [6.45, 7) is 0. The van der Waals surface area contributed by atoms with Crippen LogP contribution in [-0.4, -0.2) is 37.9 Å². The minimum Gasteiger partial charge on any atom is -0.481 e. The molecule has 0 amide bonds. The normalized spacial score (nSPS) is 18.8. The number of thioether (sulfide) groups is 2. The number of aliphatic carboxylic acids is 1. The molecule has 1 aromatic carbocycles. The van der Waals surface area contributed by atoms with Gasteiger partial charge in [0.05, 0.1) is 16.8 Å². The van der Waals surface area contributed by atoms with E-state index in [2.05, 4.69) is 31.5 Å². The van der Waals surface area contributed by atoms with Gasteiger partial charge in [-0.05, 0) is 30.4 Å². The van der Waals surface area contributed by atoms with Gasteiger partial charge in [0, 0.05) is 16.3 Å². The molecule has 7 heteroatoms. The van der Waals surface area contributed by atoms with Gasteiger partial charge >= 0.3 is 5.97 Å². The van der Waals surface area contributed by atoms with Crippen LogP contribution in [0.2, 0.25) is 0 Å². The first-order valence-electron chi connectivity index (χ1n) is 6.25. The van der Waals surface area contributed by atoms with Crippen molar-refractivity contribution >= 4 is 56.5 Å². The highest BCUT2D eigenvalue weighted by atomic mass is 79.9. The lowest BCUT2D eigenvalue weighted by atomic mass is 10.2. The molecule has 20 heavy (non-hydrogen) atoms. The monoisotopic (exact) mass is 372 g/mol. The largest absolute Gasteiger partial charge is 0.481 e. The maximum absolute atomic E-state index is 10.8. The summed E-state index contributed by atoms with van der Waals surface area (Å²) in [7, 11) is 0. The number of rotatable bonds is 4. The predicted molar refractivity (Wildman–Crippen MR) is 86.8 cm³/mol. The lowest BCUT2D eigenvalue weighted by Crippen LogP contribution is -2.10. The van der Waals surface area contributed by atoms with Crippen LogP contribution in [-0.2, 0) is 4.79 Å². The number of nitrogens with zero attached hydrogens (tertiary/aromatic N) is 2. The van der Waals surface area contributed by atoms with Crippen LogP contribution in [0.3, 0.4) is 0 Å². The molecule has 1 aliphatic rings. The van der Waals surface area contributed by atoms with E-state index < -0.39 is 5.97 Å². The number of imidazole rings is 1. The van der Waals surface area contributed by atoms with Crippen LogP contribution < -0.4 is 0 Å². The summed E-state index contributed by atoms with van der Waals surface area (Å²) in [6, 6.07) is 6.47. The molecule has 4 nitrogen and oxygen atoms in total. The summed E-state index contributed by atoms with van der Waals surface area (Å²) >= 11 is 6.70. The summed E-state index contributed by atoms with van der Waals surface area (Å²) in [5, 5.41) is 9.69. The molecule has 1 aliphatic heterocycles. The van der Waals surface area contributed by atoms with Crippen molar-refractivity contribution in [3.8, 4) is 0 Å². The maximum Gasteiger partial charge on any atom is 0.313 e. The molecule has 1 fully saturated rings. The van der Waals surface area contributed by atoms with Gasteiger partial charge in [0.2, 0.25) is 0 Å². The Hall–Kier alpha value is -0.660. The van der Waals surface area contributed by atoms with E-state index in [4.69, 9.17) is 5.11 Å². The maximum atomic E-state index is 10.8. The molecule has 1 N–H and O–H groups in total. The Bertz CT molecular complexity index is 653. The SMILES string of the molecule is O=C(O)CSc1nc2cc(Br)ccc2n1C1CCSC1. The van der Waals surface area contributed by atoms with Crippen LogP contribution in [0.15, 0.2) is 27.8 Å². The molecule has 1 unspecified atom stereocenters. The number of benzene rings is 1. The van der Waals surface area contributed by atoms with E-state index in [9.17, 15) is 4.79 Å². The zero-order chi connectivity index (χ0) is 14.1. The average Bonchev–Trinajstić information content (AvgIpc) is 3.01. The van der Waals surface area contributed by atoms with Crippen LogP contribution in [0.4, 0.5) is 0 Å². The molecular formula is C13H13BrN2O2S2. The number of carbonyl (C=O) groups is 1. The van der Waals surface area contributed by atoms with Crippen LogP contribution in [0.25, 0.3) is 11.0 Å². The van der Waals surface area contributed by atoms with Crippen LogP contribution in [0.5, 0.6) is 0 Å². The molecule has 2 heterocycles. The summed E-state index contributed by atoms with van der Waals surface area (Å²) in [5.41, 5.74) is 2.01. The van der Waals surface area contributed by atoms with Gasteiger partial charge in [0.15, 0.2) is 5.16 Å². The zero-order valence-corrected chi connectivity index (χ0v) is 13.8. The van der Waals surface area contributed by atoms with Gasteiger partial charge in [-0.3, -0.25) is 4.79 Å². The summed E-state index contributed by atoms with van der Waals surface area (Å²) in [6.07, 6.45) is 1.12. The van der Waals surface area contributed by atoms with Crippen molar-refractivity contribution in [3.63, 3.8) is 0 Å². The van der Waals surface area contributed by atoms with Gasteiger partial charge in [-0.2, -0.15) is 11.8 Å². The molecule has 3 rings (SSSR count). The topological polar surface area (TPSA) is 55.1 Å². The van der Waals surface area contributed by atoms with Gasteiger partial charge in [0.25, 0.3) is 0 Å². The summed E-state index contributed by atoms with van der Waals surface area (Å²) in [5.74, 6) is 1.46. The van der Waals surface area contributed by atoms with Crippen molar-refractivity contribution in [2.75, 3.05) is 17.3 Å². The van der Waals surface area contributed by atoms with E-state index in [1.165, 1.54) is 11.8 Å². The van der Waals surface area contributed by atoms with Gasteiger partial charge in [-0.15, -0.1) is 0 Å². The van der Waals surface area contributed by atoms with Crippen molar-refractivity contribution in [2.24, 2.45) is 0 Å². The van der Waals surface area contributed by atoms with E-state index in [1.807, 2.05) is 23.9 Å². The number of fused-ring (bicyclic) bond motifs is 1. The molecule has 0 aliphatic carbocycles. The molecule has 0 saturated carbocycles. The highest BCUT2D eigenvalue weighted by Crippen LogP contribution is 2.35. The average molecular weight is 373 g/mol. The van der Waals surface area contributed by atoms with E-state index in [0.29, 0.717) is 6.04 Å². The minimum atomic E-state index is -0.810. The predicted octanol–water partition coefficient (Wildman–Crippen LogP) is 3.65. The smallest absolute Gasteiger partial charge is 0.313 e. The number of hydrogen-bond donors (Lipinski definition) is 1. The third-order valence-corrected chi connectivity index (χ3v) is 5.79. The van der Waals surface area contributed by atoms with Crippen molar-refractivity contribution in [2.45, 2.75) is 17.6 Å². The Kier molecular flexibility index (Phi) is 4.28. The third-order valence-electron chi connectivity index (χ3n) is 3.21. The van der Waals surface area contributed by atoms with Crippen molar-refractivity contribution in [3.05, 3.63) is 22.7 Å². The van der Waals surface area contributed by atoms with E-state index in [0.717, 1.165) is 38.6 Å². The third kappa shape index (κ3) is 2.84. The number of hydrogen-bond acceptors (Lipinski definition) is 4. The molecule has 0 spiro atoms. The first-order chi connectivity index (χ1) is 9.65. The van der Waals surface area contributed by atoms with Crippen molar-refractivity contribution in [1.82, 2.24) is 9.55 Å². The first kappa shape index (κ1) is 14.3. The molecule has 1 saturated heterocycles. The molecule has 0 bridgehead atoms. The second kappa shape index (κ2) is 5.99. The second-order valence-electron chi connectivity index (χ2n) is 4.60. The Morgan fingerprint density at radius 1 is 1.60 bits per heavy atom. The Balaban J connectivity index is 2.05. The highest BCUT2D eigenvalue weighted by molar-refractivity contribution is 9.10. The first-order valence-corrected chi connectivity index (χ1v) is 9.18. The Morgan fingerprint density at radius 2 is 2.45 bits per heavy atom. The quantitative estimate of drug-likeness (QED) is 0.829. The molecule has 106 valence electrons. The van der Waals surface area contributed by atoms with E-state index in [1.54, 1.807) is 0 Å². The zero-order valence-electron chi connectivity index (χ0n) is 10.6. The van der Waals surface area contributed by atoms with Gasteiger partial charge in [-0.1, -0.05) is 27.7 Å². The van der Waals surface area contributed by atoms with Crippen molar-refractivity contribution in [1.29, 1.82) is 0 Å². The van der Waals surface area contributed by atoms with Crippen molar-refractivity contribution < 1.29 is 9.90 Å². The number of carboxylic acids is 1. The van der Waals surface area contributed by atoms with Crippen LogP contribution in [0, 0.1) is 0 Å². The van der Waals surface area contributed by atoms with Gasteiger partial charge in [0.1, 0.15) is 0 Å². The fourth-order valence-electron chi connectivity index (χ4n) is 2.36. The fraction of sp³-hybridized carbons (Fsp3) is 0.385. The minimum absolute atomic E-state index is 0.0460. The fourth-order valence-corrected chi connectivity index (χ4v) is 4.70. The highest BCUT2D eigenvalue weighted by Gasteiger charge is 2.23. The molecular weight excluding hydrogens is 360 g/mol. The lowest BCUT2D eigenvalue weighted by molar-refractivity contribution is -0.133. The van der Waals surface area contributed by atoms with Gasteiger partial charge in [-0.25, -0.2) is 4.98 Å².